The second-order valence-corrected chi connectivity index (χ2v) is 18.3. The molecular formula is C50H62N2O8. The Morgan fingerprint density at radius 2 is 1.52 bits per heavy atom. The molecule has 1 unspecified atom stereocenters. The van der Waals surface area contributed by atoms with Gasteiger partial charge in [0, 0.05) is 48.6 Å². The molecule has 2 aromatic rings. The summed E-state index contributed by atoms with van der Waals surface area (Å²) in [5.74, 6) is 4.66. The molecule has 3 spiro atoms. The van der Waals surface area contributed by atoms with Gasteiger partial charge in [-0.1, -0.05) is 50.8 Å². The predicted molar refractivity (Wildman–Crippen MR) is 230 cm³/mol. The minimum atomic E-state index is -0.715. The molecule has 6 aliphatic carbocycles. The van der Waals surface area contributed by atoms with Crippen molar-refractivity contribution < 1.29 is 38.0 Å². The number of ketones is 2. The fraction of sp³-hybridized carbons (Fsp3) is 0.560. The van der Waals surface area contributed by atoms with Gasteiger partial charge >= 0.3 is 0 Å². The molecule has 60 heavy (non-hydrogen) atoms. The molecule has 0 radical (unpaired) electrons. The van der Waals surface area contributed by atoms with Gasteiger partial charge < -0.3 is 33.3 Å². The molecule has 12 rings (SSSR count). The molecule has 6 bridgehead atoms. The lowest BCUT2D eigenvalue weighted by Crippen LogP contribution is -2.79. The molecule has 0 amide bonds. The van der Waals surface area contributed by atoms with Crippen molar-refractivity contribution in [3.05, 3.63) is 94.8 Å². The quantitative estimate of drug-likeness (QED) is 0.180. The van der Waals surface area contributed by atoms with Crippen LogP contribution in [-0.4, -0.2) is 107 Å². The molecule has 4 aliphatic heterocycles. The third kappa shape index (κ3) is 5.22. The van der Waals surface area contributed by atoms with E-state index in [0.29, 0.717) is 30.7 Å². The van der Waals surface area contributed by atoms with Gasteiger partial charge in [0.2, 0.25) is 0 Å². The summed E-state index contributed by atoms with van der Waals surface area (Å²) in [5, 5.41) is 0. The van der Waals surface area contributed by atoms with E-state index in [-0.39, 0.29) is 40.2 Å². The summed E-state index contributed by atoms with van der Waals surface area (Å²) in [5.41, 5.74) is 5.88. The summed E-state index contributed by atoms with van der Waals surface area (Å²) in [6.45, 7) is 9.49. The molecule has 2 saturated heterocycles. The molecule has 10 aliphatic rings. The maximum atomic E-state index is 13.4. The molecule has 4 heterocycles. The van der Waals surface area contributed by atoms with Gasteiger partial charge in [-0.2, -0.15) is 0 Å². The highest BCUT2D eigenvalue weighted by molar-refractivity contribution is 5.89. The molecular weight excluding hydrogens is 757 g/mol. The average Bonchev–Trinajstić information content (AvgIpc) is 3.82. The molecule has 10 heteroatoms. The van der Waals surface area contributed by atoms with Crippen molar-refractivity contribution >= 4 is 11.6 Å². The molecule has 3 fully saturated rings. The Kier molecular flexibility index (Phi) is 10.2. The van der Waals surface area contributed by atoms with Crippen LogP contribution in [0.4, 0.5) is 0 Å². The van der Waals surface area contributed by atoms with Crippen molar-refractivity contribution in [2.75, 3.05) is 55.6 Å². The van der Waals surface area contributed by atoms with Gasteiger partial charge in [-0.25, -0.2) is 0 Å². The number of nitrogens with zero attached hydrogens (tertiary/aromatic N) is 2. The summed E-state index contributed by atoms with van der Waals surface area (Å²) in [6.07, 6.45) is 18.1. The smallest absolute Gasteiger partial charge is 0.169 e. The van der Waals surface area contributed by atoms with E-state index in [0.717, 1.165) is 86.8 Å². The topological polar surface area (TPSA) is 96.0 Å². The Bertz CT molecular complexity index is 2210. The first-order chi connectivity index (χ1) is 29.0. The molecule has 10 nitrogen and oxygen atoms in total. The third-order valence-electron chi connectivity index (χ3n) is 16.0. The first-order valence-electron chi connectivity index (χ1n) is 22.0. The summed E-state index contributed by atoms with van der Waals surface area (Å²) in [4.78, 5) is 28.7. The van der Waals surface area contributed by atoms with Crippen molar-refractivity contribution in [1.29, 1.82) is 0 Å². The number of carbonyl (C=O) groups is 2. The van der Waals surface area contributed by atoms with E-state index in [2.05, 4.69) is 73.8 Å². The Balaban J connectivity index is 0.000000137. The number of likely N-dealkylation sites (tertiary alicyclic amines) is 2. The number of allylic oxidation sites excluding steroid dienone is 3. The minimum absolute atomic E-state index is 0.0611. The summed E-state index contributed by atoms with van der Waals surface area (Å²) >= 11 is 0. The standard InChI is InChI=1S/C25H31NO4.C19H21NO3.C6H10O/c1-5-6-17(27)16-14-23-9-10-25(16,29-4)22-24(23)11-12-26(2)19(23)13-15-7-8-18(28-3)21(30-22)20(15)24;1-20-9-8-19-12-5-7-15(22-3)18(19)23-17-14(21-2)6-4-11(16(17)19)10-13(12)20;1-3-5-6(7)4-2/h7-10,16,19,22H,5-6,11-14H2,1-4H3;4-7,13,18H,8-10H2,1-3H3;4H,2-3,5H2,1H3/t16-,19-,22-,23-,24?,25-;13-,18+,19+;/m11./s1. The molecule has 0 N–H and O–H groups in total. The number of Topliss-reactive ketones (excluding diaryl/α,β-unsaturated/α-hetero) is 1. The van der Waals surface area contributed by atoms with Crippen LogP contribution in [0.5, 0.6) is 23.0 Å². The first-order valence-corrected chi connectivity index (χ1v) is 22.0. The van der Waals surface area contributed by atoms with Crippen LogP contribution in [0.3, 0.4) is 0 Å². The fourth-order valence-electron chi connectivity index (χ4n) is 13.4. The minimum Gasteiger partial charge on any atom is -0.497 e. The summed E-state index contributed by atoms with van der Waals surface area (Å²) < 4.78 is 36.6. The van der Waals surface area contributed by atoms with Gasteiger partial charge in [0.05, 0.1) is 38.1 Å². The molecule has 0 aromatic heterocycles. The maximum absolute atomic E-state index is 13.4. The van der Waals surface area contributed by atoms with E-state index in [4.69, 9.17) is 28.4 Å². The first kappa shape index (κ1) is 41.0. The second-order valence-electron chi connectivity index (χ2n) is 18.3. The van der Waals surface area contributed by atoms with Crippen molar-refractivity contribution in [3.8, 4) is 23.0 Å². The lowest BCUT2D eigenvalue weighted by atomic mass is 9.37. The molecule has 9 atom stereocenters. The number of piperidine rings is 2. The highest BCUT2D eigenvalue weighted by atomic mass is 16.6. The number of benzene rings is 2. The third-order valence-corrected chi connectivity index (χ3v) is 16.0. The predicted octanol–water partition coefficient (Wildman–Crippen LogP) is 7.25. The van der Waals surface area contributed by atoms with Crippen LogP contribution >= 0.6 is 0 Å². The van der Waals surface area contributed by atoms with Crippen LogP contribution in [0, 0.1) is 11.3 Å². The van der Waals surface area contributed by atoms with Crippen molar-refractivity contribution in [2.45, 2.75) is 112 Å². The van der Waals surface area contributed by atoms with Crippen LogP contribution in [0.15, 0.2) is 72.6 Å². The number of hydrogen-bond acceptors (Lipinski definition) is 10. The van der Waals surface area contributed by atoms with Gasteiger partial charge in [-0.05, 0) is 113 Å². The Morgan fingerprint density at radius 1 is 0.833 bits per heavy atom. The van der Waals surface area contributed by atoms with Crippen molar-refractivity contribution in [3.63, 3.8) is 0 Å². The number of fused-ring (bicyclic) bond motifs is 1. The van der Waals surface area contributed by atoms with E-state index in [9.17, 15) is 9.59 Å². The lowest BCUT2D eigenvalue weighted by molar-refractivity contribution is -0.213. The van der Waals surface area contributed by atoms with E-state index < -0.39 is 5.60 Å². The second kappa shape index (κ2) is 14.9. The van der Waals surface area contributed by atoms with Crippen LogP contribution in [0.25, 0.3) is 0 Å². The molecule has 1 saturated carbocycles. The Labute approximate surface area is 355 Å². The number of hydrogen-bond donors (Lipinski definition) is 0. The highest BCUT2D eigenvalue weighted by Gasteiger charge is 2.79. The number of likely N-dealkylation sites (N-methyl/N-ethyl adjacent to an activating group) is 2. The van der Waals surface area contributed by atoms with Gasteiger partial charge in [-0.3, -0.25) is 14.5 Å². The highest BCUT2D eigenvalue weighted by Crippen LogP contribution is 2.75. The molecule has 2 aromatic carbocycles. The van der Waals surface area contributed by atoms with E-state index in [1.54, 1.807) is 28.4 Å². The van der Waals surface area contributed by atoms with Gasteiger partial charge in [0.25, 0.3) is 0 Å². The fourth-order valence-corrected chi connectivity index (χ4v) is 13.4. The van der Waals surface area contributed by atoms with Crippen molar-refractivity contribution in [2.24, 2.45) is 11.3 Å². The lowest BCUT2D eigenvalue weighted by Gasteiger charge is -2.70. The zero-order valence-electron chi connectivity index (χ0n) is 36.7. The van der Waals surface area contributed by atoms with Gasteiger partial charge in [0.1, 0.15) is 23.2 Å². The Hall–Kier alpha value is -4.38. The largest absolute Gasteiger partial charge is 0.497 e. The average molecular weight is 819 g/mol. The van der Waals surface area contributed by atoms with E-state index in [1.807, 2.05) is 19.1 Å². The zero-order valence-corrected chi connectivity index (χ0v) is 36.7. The van der Waals surface area contributed by atoms with Crippen LogP contribution in [0.1, 0.15) is 81.0 Å². The van der Waals surface area contributed by atoms with Gasteiger partial charge in [0.15, 0.2) is 34.9 Å². The van der Waals surface area contributed by atoms with E-state index >= 15 is 0 Å². The van der Waals surface area contributed by atoms with E-state index in [1.165, 1.54) is 33.9 Å². The SMILES string of the molecule is C=CC(=O)CCC.CCCC(=O)[C@H]1C[C@@]23C=C[C@]1(OC)[C@@H]1Oc4c(OC)ccc5c4C12CCN(C)[C@@H]3C5.COC1=CC=C2[C@H]3Cc4ccc(OC)c5c4[C@@]2(CCN3C)[C@H]1O5. The maximum Gasteiger partial charge on any atom is 0.169 e. The number of methoxy groups -OCH3 is 4. The summed E-state index contributed by atoms with van der Waals surface area (Å²) in [6, 6.07) is 9.37. The van der Waals surface area contributed by atoms with Gasteiger partial charge in [-0.15, -0.1) is 0 Å². The van der Waals surface area contributed by atoms with Crippen LogP contribution < -0.4 is 18.9 Å². The zero-order chi connectivity index (χ0) is 42.4. The Morgan fingerprint density at radius 3 is 2.15 bits per heavy atom. The molecule has 320 valence electrons. The number of rotatable bonds is 10. The monoisotopic (exact) mass is 818 g/mol. The van der Waals surface area contributed by atoms with Crippen molar-refractivity contribution in [1.82, 2.24) is 9.80 Å². The van der Waals surface area contributed by atoms with Crippen LogP contribution in [0.2, 0.25) is 0 Å². The van der Waals surface area contributed by atoms with Crippen LogP contribution in [-0.2, 0) is 42.7 Å². The number of carbonyl (C=O) groups excluding carboxylic acids is 2. The normalized spacial score (nSPS) is 34.8. The number of ether oxygens (including phenoxy) is 6. The summed E-state index contributed by atoms with van der Waals surface area (Å²) in [7, 11) is 11.4.